The molecule has 1 amide bonds. The maximum Gasteiger partial charge on any atom is 0.295 e. The van der Waals surface area contributed by atoms with Crippen LogP contribution in [-0.4, -0.2) is 31.9 Å². The number of thiocarbonyl (C=S) groups is 1. The number of carbonyl (C=O) groups excluding carboxylic acids is 2. The molecule has 0 atom stereocenters. The summed E-state index contributed by atoms with van der Waals surface area (Å²) in [6.45, 7) is 3.32. The number of hydrogen-bond acceptors (Lipinski definition) is 5. The van der Waals surface area contributed by atoms with Crippen LogP contribution in [0.15, 0.2) is 88.6 Å². The smallest absolute Gasteiger partial charge is 0.295 e. The number of ketones is 1. The molecule has 4 aromatic rings. The number of aromatic nitrogens is 2. The summed E-state index contributed by atoms with van der Waals surface area (Å²) in [6, 6.07) is 23.9. The lowest BCUT2D eigenvalue weighted by atomic mass is 10.1. The van der Waals surface area contributed by atoms with Crippen molar-refractivity contribution in [3.05, 3.63) is 100 Å². The van der Waals surface area contributed by atoms with E-state index in [1.54, 1.807) is 42.9 Å². The second-order valence-electron chi connectivity index (χ2n) is 8.51. The van der Waals surface area contributed by atoms with Gasteiger partial charge in [0.1, 0.15) is 5.69 Å². The molecule has 8 nitrogen and oxygen atoms in total. The molecule has 4 rings (SSSR count). The maximum atomic E-state index is 13.0. The fourth-order valence-corrected chi connectivity index (χ4v) is 4.77. The summed E-state index contributed by atoms with van der Waals surface area (Å²) in [5.74, 6) is -0.137. The third kappa shape index (κ3) is 6.39. The molecule has 1 heterocycles. The fourth-order valence-electron chi connectivity index (χ4n) is 3.78. The zero-order valence-electron chi connectivity index (χ0n) is 21.1. The Hall–Kier alpha value is -4.15. The van der Waals surface area contributed by atoms with Crippen molar-refractivity contribution < 1.29 is 9.59 Å². The third-order valence-corrected chi connectivity index (χ3v) is 7.03. The van der Waals surface area contributed by atoms with E-state index in [0.717, 1.165) is 22.0 Å². The van der Waals surface area contributed by atoms with E-state index in [1.165, 1.54) is 23.4 Å². The number of benzene rings is 3. The van der Waals surface area contributed by atoms with Crippen LogP contribution in [-0.2, 0) is 11.8 Å². The summed E-state index contributed by atoms with van der Waals surface area (Å²) in [6.07, 6.45) is 0. The zero-order chi connectivity index (χ0) is 27.2. The van der Waals surface area contributed by atoms with Gasteiger partial charge in [-0.15, -0.1) is 11.8 Å². The average molecular weight is 546 g/mol. The van der Waals surface area contributed by atoms with Crippen LogP contribution in [0.5, 0.6) is 0 Å². The monoisotopic (exact) mass is 545 g/mol. The Morgan fingerprint density at radius 1 is 0.895 bits per heavy atom. The molecule has 0 bridgehead atoms. The van der Waals surface area contributed by atoms with Gasteiger partial charge in [-0.3, -0.25) is 19.1 Å². The Balaban J connectivity index is 1.35. The van der Waals surface area contributed by atoms with Crippen LogP contribution in [0.25, 0.3) is 5.69 Å². The highest BCUT2D eigenvalue weighted by Crippen LogP contribution is 2.23. The number of para-hydroxylation sites is 1. The predicted octanol–water partition coefficient (Wildman–Crippen LogP) is 5.23. The molecular formula is C28H27N5O3S2. The van der Waals surface area contributed by atoms with Crippen molar-refractivity contribution in [3.8, 4) is 5.69 Å². The van der Waals surface area contributed by atoms with Crippen molar-refractivity contribution in [1.29, 1.82) is 0 Å². The van der Waals surface area contributed by atoms with Crippen LogP contribution in [0.2, 0.25) is 0 Å². The van der Waals surface area contributed by atoms with Gasteiger partial charge in [-0.1, -0.05) is 24.3 Å². The van der Waals surface area contributed by atoms with Gasteiger partial charge in [0.15, 0.2) is 10.9 Å². The number of carbonyl (C=O) groups is 2. The van der Waals surface area contributed by atoms with Gasteiger partial charge in [-0.25, -0.2) is 4.68 Å². The molecule has 0 unspecified atom stereocenters. The van der Waals surface area contributed by atoms with Gasteiger partial charge in [-0.05, 0) is 80.7 Å². The number of thioether (sulfide) groups is 1. The topological polar surface area (TPSA) is 97.2 Å². The van der Waals surface area contributed by atoms with Crippen LogP contribution in [0.3, 0.4) is 0 Å². The Morgan fingerprint density at radius 3 is 2.26 bits per heavy atom. The SMILES string of the molecule is CC(=O)c1ccc(NC(=S)Nc2cccc(SCC(=O)Nc3c(C)n(C)n(-c4ccccc4)c3=O)c2)cc1. The van der Waals surface area contributed by atoms with Crippen LogP contribution in [0.4, 0.5) is 17.1 Å². The van der Waals surface area contributed by atoms with E-state index in [9.17, 15) is 14.4 Å². The highest BCUT2D eigenvalue weighted by molar-refractivity contribution is 8.00. The lowest BCUT2D eigenvalue weighted by molar-refractivity contribution is -0.113. The summed E-state index contributed by atoms with van der Waals surface area (Å²) < 4.78 is 3.26. The molecule has 194 valence electrons. The summed E-state index contributed by atoms with van der Waals surface area (Å²) in [5.41, 5.74) is 3.54. The lowest BCUT2D eigenvalue weighted by Crippen LogP contribution is -2.23. The van der Waals surface area contributed by atoms with E-state index in [-0.39, 0.29) is 28.7 Å². The Morgan fingerprint density at radius 2 is 1.58 bits per heavy atom. The van der Waals surface area contributed by atoms with Gasteiger partial charge in [-0.2, -0.15) is 0 Å². The predicted molar refractivity (Wildman–Crippen MR) is 158 cm³/mol. The molecule has 0 aliphatic carbocycles. The number of anilines is 3. The highest BCUT2D eigenvalue weighted by atomic mass is 32.2. The summed E-state index contributed by atoms with van der Waals surface area (Å²) in [5, 5.41) is 9.40. The molecule has 0 saturated carbocycles. The summed E-state index contributed by atoms with van der Waals surface area (Å²) >= 11 is 6.76. The molecule has 1 aromatic heterocycles. The fraction of sp³-hybridized carbons (Fsp3) is 0.143. The molecule has 0 saturated heterocycles. The quantitative estimate of drug-likeness (QED) is 0.159. The number of hydrogen-bond donors (Lipinski definition) is 3. The molecule has 3 aromatic carbocycles. The van der Waals surface area contributed by atoms with Crippen LogP contribution in [0, 0.1) is 6.92 Å². The Labute approximate surface area is 230 Å². The molecule has 0 radical (unpaired) electrons. The minimum absolute atomic E-state index is 0.00319. The van der Waals surface area contributed by atoms with E-state index in [4.69, 9.17) is 12.2 Å². The standard InChI is InChI=1S/C28H27N5O3S2/c1-18-26(27(36)33(32(18)3)23-9-5-4-6-10-23)31-25(35)17-38-24-11-7-8-22(16-24)30-28(37)29-21-14-12-20(13-15-21)19(2)34/h4-16H,17H2,1-3H3,(H,31,35)(H2,29,30,37). The minimum Gasteiger partial charge on any atom is -0.332 e. The largest absolute Gasteiger partial charge is 0.332 e. The molecule has 10 heteroatoms. The number of nitrogens with one attached hydrogen (secondary N) is 3. The average Bonchev–Trinajstić information content (AvgIpc) is 3.11. The first-order valence-corrected chi connectivity index (χ1v) is 13.2. The molecule has 0 spiro atoms. The van der Waals surface area contributed by atoms with E-state index in [0.29, 0.717) is 16.4 Å². The molecule has 38 heavy (non-hydrogen) atoms. The first-order valence-electron chi connectivity index (χ1n) is 11.8. The van der Waals surface area contributed by atoms with Crippen molar-refractivity contribution in [1.82, 2.24) is 9.36 Å². The zero-order valence-corrected chi connectivity index (χ0v) is 22.8. The Bertz CT molecular complexity index is 1540. The van der Waals surface area contributed by atoms with Crippen molar-refractivity contribution >= 4 is 57.8 Å². The third-order valence-electron chi connectivity index (χ3n) is 5.83. The van der Waals surface area contributed by atoms with Crippen LogP contribution in [0.1, 0.15) is 23.0 Å². The van der Waals surface area contributed by atoms with Gasteiger partial charge in [0.2, 0.25) is 5.91 Å². The Kier molecular flexibility index (Phi) is 8.45. The summed E-state index contributed by atoms with van der Waals surface area (Å²) in [4.78, 5) is 38.0. The molecular weight excluding hydrogens is 518 g/mol. The van der Waals surface area contributed by atoms with Crippen LogP contribution < -0.4 is 21.5 Å². The second-order valence-corrected chi connectivity index (χ2v) is 9.97. The van der Waals surface area contributed by atoms with Crippen LogP contribution >= 0.6 is 24.0 Å². The van der Waals surface area contributed by atoms with Gasteiger partial charge in [0, 0.05) is 28.9 Å². The highest BCUT2D eigenvalue weighted by Gasteiger charge is 2.18. The molecule has 0 aliphatic rings. The van der Waals surface area contributed by atoms with E-state index in [2.05, 4.69) is 16.0 Å². The number of amides is 1. The number of nitrogens with zero attached hydrogens (tertiary/aromatic N) is 2. The normalized spacial score (nSPS) is 10.6. The maximum absolute atomic E-state index is 13.0. The molecule has 0 aliphatic heterocycles. The molecule has 3 N–H and O–H groups in total. The first-order chi connectivity index (χ1) is 18.2. The van der Waals surface area contributed by atoms with Gasteiger partial charge >= 0.3 is 0 Å². The van der Waals surface area contributed by atoms with Crippen molar-refractivity contribution in [2.24, 2.45) is 7.05 Å². The lowest BCUT2D eigenvalue weighted by Gasteiger charge is -2.12. The first kappa shape index (κ1) is 26.9. The summed E-state index contributed by atoms with van der Waals surface area (Å²) in [7, 11) is 1.78. The van der Waals surface area contributed by atoms with Crippen molar-refractivity contribution in [2.45, 2.75) is 18.7 Å². The van der Waals surface area contributed by atoms with E-state index < -0.39 is 0 Å². The van der Waals surface area contributed by atoms with Crippen molar-refractivity contribution in [2.75, 3.05) is 21.7 Å². The van der Waals surface area contributed by atoms with Gasteiger partial charge in [0.25, 0.3) is 5.56 Å². The molecule has 0 fully saturated rings. The van der Waals surface area contributed by atoms with E-state index in [1.807, 2.05) is 54.6 Å². The van der Waals surface area contributed by atoms with Gasteiger partial charge in [0.05, 0.1) is 17.1 Å². The van der Waals surface area contributed by atoms with Crippen molar-refractivity contribution in [3.63, 3.8) is 0 Å². The number of rotatable bonds is 8. The number of Topliss-reactive ketones (excluding diaryl/α,β-unsaturated/α-hetero) is 1. The second kappa shape index (κ2) is 11.9. The van der Waals surface area contributed by atoms with E-state index >= 15 is 0 Å². The minimum atomic E-state index is -0.280. The van der Waals surface area contributed by atoms with Gasteiger partial charge < -0.3 is 16.0 Å².